The third-order valence-electron chi connectivity index (χ3n) is 4.10. The number of para-hydroxylation sites is 2. The molecule has 4 aromatic rings. The summed E-state index contributed by atoms with van der Waals surface area (Å²) in [5.41, 5.74) is 1.76. The van der Waals surface area contributed by atoms with Gasteiger partial charge in [0.05, 0.1) is 9.75 Å². The fourth-order valence-corrected chi connectivity index (χ4v) is 4.26. The van der Waals surface area contributed by atoms with Crippen LogP contribution in [0.15, 0.2) is 93.3 Å². The van der Waals surface area contributed by atoms with Crippen LogP contribution in [-0.4, -0.2) is 24.0 Å². The molecular formula is C24H22CuN2O2S4+6. The second-order valence-electron chi connectivity index (χ2n) is 6.35. The first-order valence-corrected chi connectivity index (χ1v) is 12.3. The summed E-state index contributed by atoms with van der Waals surface area (Å²) in [5.74, 6) is -0.0187. The molecule has 0 amide bonds. The molecule has 1 radical (unpaired) electrons. The Labute approximate surface area is 221 Å². The van der Waals surface area contributed by atoms with Gasteiger partial charge in [-0.25, -0.2) is 9.98 Å². The van der Waals surface area contributed by atoms with Gasteiger partial charge < -0.3 is 0 Å². The van der Waals surface area contributed by atoms with E-state index in [1.165, 1.54) is 35.1 Å². The van der Waals surface area contributed by atoms with Crippen LogP contribution in [0, 0.1) is 0 Å². The summed E-state index contributed by atoms with van der Waals surface area (Å²) < 4.78 is 0. The van der Waals surface area contributed by atoms with Crippen molar-refractivity contribution in [2.75, 3.05) is 0 Å². The smallest absolute Gasteiger partial charge is 0.282 e. The zero-order valence-electron chi connectivity index (χ0n) is 17.2. The van der Waals surface area contributed by atoms with E-state index in [4.69, 9.17) is 0 Å². The van der Waals surface area contributed by atoms with Crippen LogP contribution in [0.4, 0.5) is 11.4 Å². The predicted octanol–water partition coefficient (Wildman–Crippen LogP) is 1.57. The molecule has 0 saturated carbocycles. The minimum absolute atomic E-state index is 0. The van der Waals surface area contributed by atoms with Gasteiger partial charge in [0.15, 0.2) is 0 Å². The summed E-state index contributed by atoms with van der Waals surface area (Å²) >= 11 is 9.79. The van der Waals surface area contributed by atoms with Crippen LogP contribution >= 0.6 is 22.7 Å². The topological polar surface area (TPSA) is 62.1 Å². The van der Waals surface area contributed by atoms with Crippen molar-refractivity contribution in [3.8, 4) is 0 Å². The maximum Gasteiger partial charge on any atom is 2.00 e. The summed E-state index contributed by atoms with van der Waals surface area (Å²) in [5, 5.41) is 3.78. The van der Waals surface area contributed by atoms with Gasteiger partial charge in [0.25, 0.3) is 22.9 Å². The SMILES string of the molecule is O=C(C=[NH+]c1ccccc1[SH2+])c1cccs1.O=C(C=[NH+]c1ccccc1[SH2+])c1cccs1.[Cu+2]. The minimum Gasteiger partial charge on any atom is -0.282 e. The first-order chi connectivity index (χ1) is 15.5. The van der Waals surface area contributed by atoms with E-state index in [2.05, 4.69) is 35.2 Å². The van der Waals surface area contributed by atoms with Crippen LogP contribution in [0.2, 0.25) is 0 Å². The number of Topliss-reactive ketones (excluding diaryl/α,β-unsaturated/α-hetero) is 2. The van der Waals surface area contributed by atoms with E-state index in [0.29, 0.717) is 0 Å². The molecule has 0 spiro atoms. The van der Waals surface area contributed by atoms with Crippen molar-refractivity contribution in [3.63, 3.8) is 0 Å². The van der Waals surface area contributed by atoms with Gasteiger partial charge in [0, 0.05) is 37.4 Å². The van der Waals surface area contributed by atoms with Crippen LogP contribution in [0.25, 0.3) is 0 Å². The third kappa shape index (κ3) is 8.55. The van der Waals surface area contributed by atoms with E-state index >= 15 is 0 Å². The Bertz CT molecular complexity index is 1140. The molecule has 0 saturated heterocycles. The second-order valence-corrected chi connectivity index (χ2v) is 9.32. The van der Waals surface area contributed by atoms with Crippen molar-refractivity contribution in [2.45, 2.75) is 9.79 Å². The van der Waals surface area contributed by atoms with Gasteiger partial charge in [-0.1, -0.05) is 36.4 Å². The molecule has 0 bridgehead atoms. The molecule has 169 valence electrons. The first-order valence-electron chi connectivity index (χ1n) is 9.51. The normalized spacial score (nSPS) is 10.5. The minimum atomic E-state index is -0.00933. The monoisotopic (exact) mass is 561 g/mol. The van der Waals surface area contributed by atoms with E-state index in [1.54, 1.807) is 0 Å². The number of hydrogen-bond acceptors (Lipinski definition) is 4. The van der Waals surface area contributed by atoms with Crippen molar-refractivity contribution < 1.29 is 36.6 Å². The van der Waals surface area contributed by atoms with Crippen molar-refractivity contribution in [1.29, 1.82) is 0 Å². The van der Waals surface area contributed by atoms with E-state index in [-0.39, 0.29) is 28.6 Å². The quantitative estimate of drug-likeness (QED) is 0.162. The Hall–Kier alpha value is -2.26. The molecule has 4 rings (SSSR count). The number of carbonyl (C=O) groups is 2. The zero-order valence-corrected chi connectivity index (χ0v) is 21.7. The average Bonchev–Trinajstić information content (AvgIpc) is 3.53. The van der Waals surface area contributed by atoms with Crippen molar-refractivity contribution in [1.82, 2.24) is 0 Å². The van der Waals surface area contributed by atoms with Gasteiger partial charge in [0.2, 0.25) is 22.2 Å². The first kappa shape index (κ1) is 27.0. The van der Waals surface area contributed by atoms with Crippen LogP contribution in [0.5, 0.6) is 0 Å². The molecule has 4 nitrogen and oxygen atoms in total. The Morgan fingerprint density at radius 2 is 1.03 bits per heavy atom. The van der Waals surface area contributed by atoms with Gasteiger partial charge in [-0.05, 0) is 35.0 Å². The second kappa shape index (κ2) is 14.1. The van der Waals surface area contributed by atoms with Gasteiger partial charge >= 0.3 is 17.1 Å². The van der Waals surface area contributed by atoms with Gasteiger partial charge in [-0.15, -0.1) is 22.7 Å². The van der Waals surface area contributed by atoms with Crippen molar-refractivity contribution in [3.05, 3.63) is 93.3 Å². The number of benzene rings is 2. The molecule has 0 aliphatic heterocycles. The van der Waals surface area contributed by atoms with E-state index in [0.717, 1.165) is 30.9 Å². The third-order valence-corrected chi connectivity index (χ3v) is 6.74. The Balaban J connectivity index is 0.000000227. The van der Waals surface area contributed by atoms with Gasteiger partial charge in [-0.3, -0.25) is 9.59 Å². The molecule has 0 aliphatic rings. The number of thiophene rings is 2. The summed E-state index contributed by atoms with van der Waals surface area (Å²) in [4.78, 5) is 32.6. The standard InChI is InChI=1S/2C12H9NOS2.Cu/c2*14-10(12-6-3-7-16-12)8-13-9-4-1-2-5-11(9)15;/h2*1-8,15H;/q;;+2/p+4. The predicted molar refractivity (Wildman–Crippen MR) is 140 cm³/mol. The fraction of sp³-hybridized carbons (Fsp3) is 0. The molecule has 9 heteroatoms. The van der Waals surface area contributed by atoms with Crippen LogP contribution in [0.1, 0.15) is 19.3 Å². The van der Waals surface area contributed by atoms with Crippen LogP contribution in [0.3, 0.4) is 0 Å². The fourth-order valence-electron chi connectivity index (χ4n) is 2.48. The summed E-state index contributed by atoms with van der Waals surface area (Å²) in [6, 6.07) is 22.7. The maximum absolute atomic E-state index is 11.7. The van der Waals surface area contributed by atoms with Gasteiger partial charge in [-0.2, -0.15) is 0 Å². The van der Waals surface area contributed by atoms with Gasteiger partial charge in [0.1, 0.15) is 0 Å². The molecule has 0 unspecified atom stereocenters. The average molecular weight is 562 g/mol. The van der Waals surface area contributed by atoms with Crippen molar-refractivity contribution in [2.24, 2.45) is 0 Å². The molecule has 0 atom stereocenters. The number of ketones is 2. The van der Waals surface area contributed by atoms with E-state index in [1.807, 2.05) is 83.6 Å². The Morgan fingerprint density at radius 1 is 0.636 bits per heavy atom. The molecular weight excluding hydrogens is 540 g/mol. The zero-order chi connectivity index (χ0) is 22.8. The summed E-state index contributed by atoms with van der Waals surface area (Å²) in [6.07, 6.45) is 2.95. The molecule has 2 N–H and O–H groups in total. The Morgan fingerprint density at radius 3 is 1.36 bits per heavy atom. The molecule has 2 aromatic heterocycles. The van der Waals surface area contributed by atoms with Crippen LogP contribution in [-0.2, 0) is 42.3 Å². The molecule has 2 aromatic carbocycles. The molecule has 0 fully saturated rings. The largest absolute Gasteiger partial charge is 2.00 e. The number of rotatable bonds is 6. The van der Waals surface area contributed by atoms with Crippen LogP contribution < -0.4 is 9.98 Å². The number of carbonyl (C=O) groups excluding carboxylic acids is 2. The van der Waals surface area contributed by atoms with E-state index in [9.17, 15) is 9.59 Å². The summed E-state index contributed by atoms with van der Waals surface area (Å²) in [7, 11) is 0. The Kier molecular flexibility index (Phi) is 11.5. The number of nitrogens with one attached hydrogen (secondary N) is 2. The molecule has 0 aliphatic carbocycles. The van der Waals surface area contributed by atoms with Crippen molar-refractivity contribution >= 4 is 83.3 Å². The number of hydrogen-bond donors (Lipinski definition) is 2. The van der Waals surface area contributed by atoms with E-state index < -0.39 is 0 Å². The maximum atomic E-state index is 11.7. The molecule has 33 heavy (non-hydrogen) atoms. The molecule has 2 heterocycles. The summed E-state index contributed by atoms with van der Waals surface area (Å²) in [6.45, 7) is 0.